The highest BCUT2D eigenvalue weighted by molar-refractivity contribution is 5.93. The van der Waals surface area contributed by atoms with Gasteiger partial charge in [0.15, 0.2) is 0 Å². The average molecular weight is 313 g/mol. The molecule has 0 aliphatic carbocycles. The van der Waals surface area contributed by atoms with Gasteiger partial charge in [0.1, 0.15) is 0 Å². The molecule has 0 radical (unpaired) electrons. The number of hydrogen-bond donors (Lipinski definition) is 1. The van der Waals surface area contributed by atoms with Gasteiger partial charge in [-0.1, -0.05) is 0 Å². The van der Waals surface area contributed by atoms with Gasteiger partial charge in [-0.15, -0.1) is 0 Å². The molecule has 2 aromatic rings. The van der Waals surface area contributed by atoms with Crippen molar-refractivity contribution in [3.05, 3.63) is 36.2 Å². The predicted molar refractivity (Wildman–Crippen MR) is 84.1 cm³/mol. The lowest BCUT2D eigenvalue weighted by molar-refractivity contribution is 0.0894. The van der Waals surface area contributed by atoms with E-state index in [0.29, 0.717) is 19.1 Å². The molecule has 2 aliphatic heterocycles. The van der Waals surface area contributed by atoms with Crippen LogP contribution in [0.3, 0.4) is 0 Å². The molecule has 23 heavy (non-hydrogen) atoms. The molecule has 0 unspecified atom stereocenters. The minimum absolute atomic E-state index is 0.0437. The largest absolute Gasteiger partial charge is 0.336 e. The number of rotatable bonds is 4. The average Bonchev–Trinajstić information content (AvgIpc) is 3.11. The lowest BCUT2D eigenvalue weighted by atomic mass is 10.1. The van der Waals surface area contributed by atoms with Crippen molar-refractivity contribution in [2.24, 2.45) is 0 Å². The van der Waals surface area contributed by atoms with Crippen LogP contribution in [0.4, 0.5) is 10.5 Å². The number of likely N-dealkylation sites (tertiary alicyclic amines) is 1. The lowest BCUT2D eigenvalue weighted by Gasteiger charge is -2.38. The first-order chi connectivity index (χ1) is 11.2. The third kappa shape index (κ3) is 2.77. The minimum atomic E-state index is -0.0437. The smallest absolute Gasteiger partial charge is 0.322 e. The van der Waals surface area contributed by atoms with Crippen molar-refractivity contribution in [1.29, 1.82) is 0 Å². The molecule has 0 aromatic carbocycles. The third-order valence-corrected chi connectivity index (χ3v) is 4.26. The van der Waals surface area contributed by atoms with E-state index in [2.05, 4.69) is 25.3 Å². The van der Waals surface area contributed by atoms with Crippen LogP contribution >= 0.6 is 0 Å². The van der Waals surface area contributed by atoms with Gasteiger partial charge in [0.25, 0.3) is 0 Å². The van der Waals surface area contributed by atoms with Gasteiger partial charge in [-0.05, 0) is 6.92 Å². The Morgan fingerprint density at radius 3 is 2.91 bits per heavy atom. The lowest BCUT2D eigenvalue weighted by Crippen LogP contribution is -2.47. The van der Waals surface area contributed by atoms with Crippen molar-refractivity contribution in [2.75, 3.05) is 31.1 Å². The molecule has 1 N–H and O–H groups in total. The van der Waals surface area contributed by atoms with Crippen LogP contribution in [0.25, 0.3) is 0 Å². The highest BCUT2D eigenvalue weighted by Gasteiger charge is 2.30. The summed E-state index contributed by atoms with van der Waals surface area (Å²) in [5, 5.41) is 7.22. The van der Waals surface area contributed by atoms with E-state index < -0.39 is 0 Å². The fourth-order valence-corrected chi connectivity index (χ4v) is 3.04. The number of carbonyl (C=O) groups is 1. The molecular formula is C15H19N7O. The zero-order valence-electron chi connectivity index (χ0n) is 13.0. The first-order valence-electron chi connectivity index (χ1n) is 7.78. The molecule has 2 aromatic heterocycles. The number of amides is 2. The van der Waals surface area contributed by atoms with E-state index in [0.717, 1.165) is 36.7 Å². The van der Waals surface area contributed by atoms with Crippen molar-refractivity contribution >= 4 is 11.7 Å². The number of nitrogens with one attached hydrogen (secondary N) is 1. The molecular weight excluding hydrogens is 294 g/mol. The second-order valence-electron chi connectivity index (χ2n) is 6.06. The second kappa shape index (κ2) is 5.62. The highest BCUT2D eigenvalue weighted by Crippen LogP contribution is 2.25. The first kappa shape index (κ1) is 14.1. The maximum Gasteiger partial charge on any atom is 0.322 e. The molecule has 0 atom stereocenters. The maximum absolute atomic E-state index is 11.7. The van der Waals surface area contributed by atoms with Gasteiger partial charge in [0, 0.05) is 51.3 Å². The molecule has 120 valence electrons. The Morgan fingerprint density at radius 1 is 1.30 bits per heavy atom. The summed E-state index contributed by atoms with van der Waals surface area (Å²) in [7, 11) is 0. The molecule has 4 rings (SSSR count). The Bertz CT molecular complexity index is 722. The summed E-state index contributed by atoms with van der Waals surface area (Å²) in [6.45, 7) is 6.03. The normalized spacial score (nSPS) is 19.0. The van der Waals surface area contributed by atoms with Crippen LogP contribution < -0.4 is 10.2 Å². The molecule has 0 bridgehead atoms. The van der Waals surface area contributed by atoms with Gasteiger partial charge in [0.05, 0.1) is 29.3 Å². The number of anilines is 1. The van der Waals surface area contributed by atoms with Crippen LogP contribution in [0.1, 0.15) is 17.4 Å². The second-order valence-corrected chi connectivity index (χ2v) is 6.06. The molecule has 8 nitrogen and oxygen atoms in total. The summed E-state index contributed by atoms with van der Waals surface area (Å²) >= 11 is 0. The van der Waals surface area contributed by atoms with E-state index in [4.69, 9.17) is 0 Å². The topological polar surface area (TPSA) is 79.2 Å². The number of hydrogen-bond acceptors (Lipinski definition) is 5. The van der Waals surface area contributed by atoms with Gasteiger partial charge in [0.2, 0.25) is 0 Å². The number of aryl methyl sites for hydroxylation is 1. The summed E-state index contributed by atoms with van der Waals surface area (Å²) < 4.78 is 1.96. The molecule has 2 amide bonds. The Morgan fingerprint density at radius 2 is 2.17 bits per heavy atom. The first-order valence-corrected chi connectivity index (χ1v) is 7.78. The van der Waals surface area contributed by atoms with E-state index >= 15 is 0 Å². The van der Waals surface area contributed by atoms with Gasteiger partial charge >= 0.3 is 6.03 Å². The predicted octanol–water partition coefficient (Wildman–Crippen LogP) is 0.568. The van der Waals surface area contributed by atoms with Crippen LogP contribution in [0, 0.1) is 6.92 Å². The molecule has 2 fully saturated rings. The van der Waals surface area contributed by atoms with Gasteiger partial charge in [-0.2, -0.15) is 5.10 Å². The van der Waals surface area contributed by atoms with Crippen LogP contribution in [-0.2, 0) is 6.54 Å². The van der Waals surface area contributed by atoms with Gasteiger partial charge in [-0.3, -0.25) is 24.4 Å². The van der Waals surface area contributed by atoms with Crippen molar-refractivity contribution in [3.63, 3.8) is 0 Å². The van der Waals surface area contributed by atoms with Crippen LogP contribution in [0.2, 0.25) is 0 Å². The molecule has 0 spiro atoms. The standard InChI is InChI=1S/C15H19N7O/c1-11-4-16-5-12(19-11)7-20-8-14(9-20)22-10-13(6-18-22)21-3-2-17-15(21)23/h4-6,10,14H,2-3,7-9H2,1H3,(H,17,23). The Kier molecular flexibility index (Phi) is 3.45. The molecule has 0 saturated carbocycles. The van der Waals surface area contributed by atoms with E-state index in [1.54, 1.807) is 17.3 Å². The van der Waals surface area contributed by atoms with E-state index in [9.17, 15) is 4.79 Å². The highest BCUT2D eigenvalue weighted by atomic mass is 16.2. The van der Waals surface area contributed by atoms with E-state index in [1.165, 1.54) is 0 Å². The molecule has 2 saturated heterocycles. The Labute approximate surface area is 134 Å². The summed E-state index contributed by atoms with van der Waals surface area (Å²) in [5.74, 6) is 0. The number of carbonyl (C=O) groups excluding carboxylic acids is 1. The quantitative estimate of drug-likeness (QED) is 0.892. The number of urea groups is 1. The summed E-state index contributed by atoms with van der Waals surface area (Å²) in [5.41, 5.74) is 2.81. The van der Waals surface area contributed by atoms with Crippen molar-refractivity contribution in [3.8, 4) is 0 Å². The molecule has 4 heterocycles. The number of nitrogens with zero attached hydrogens (tertiary/aromatic N) is 6. The van der Waals surface area contributed by atoms with Crippen molar-refractivity contribution in [2.45, 2.75) is 19.5 Å². The van der Waals surface area contributed by atoms with Crippen LogP contribution in [0.15, 0.2) is 24.8 Å². The summed E-state index contributed by atoms with van der Waals surface area (Å²) in [6.07, 6.45) is 7.31. The maximum atomic E-state index is 11.7. The van der Waals surface area contributed by atoms with Gasteiger partial charge in [-0.25, -0.2) is 4.79 Å². The zero-order valence-corrected chi connectivity index (χ0v) is 13.0. The monoisotopic (exact) mass is 313 g/mol. The fraction of sp³-hybridized carbons (Fsp3) is 0.467. The van der Waals surface area contributed by atoms with Gasteiger partial charge < -0.3 is 5.32 Å². The van der Waals surface area contributed by atoms with Crippen LogP contribution in [-0.4, -0.2) is 56.9 Å². The number of aromatic nitrogens is 4. The fourth-order valence-electron chi connectivity index (χ4n) is 3.04. The van der Waals surface area contributed by atoms with Crippen LogP contribution in [0.5, 0.6) is 0 Å². The SMILES string of the molecule is Cc1cncc(CN2CC(n3cc(N4CCNC4=O)cn3)C2)n1. The molecule has 2 aliphatic rings. The Hall–Kier alpha value is -2.48. The summed E-state index contributed by atoms with van der Waals surface area (Å²) in [6, 6.07) is 0.310. The Balaban J connectivity index is 1.35. The van der Waals surface area contributed by atoms with Crippen molar-refractivity contribution in [1.82, 2.24) is 30.0 Å². The molecule has 8 heteroatoms. The van der Waals surface area contributed by atoms with Crippen molar-refractivity contribution < 1.29 is 4.79 Å². The zero-order chi connectivity index (χ0) is 15.8. The van der Waals surface area contributed by atoms with E-state index in [1.807, 2.05) is 24.0 Å². The summed E-state index contributed by atoms with van der Waals surface area (Å²) in [4.78, 5) is 24.4. The minimum Gasteiger partial charge on any atom is -0.336 e. The van der Waals surface area contributed by atoms with E-state index in [-0.39, 0.29) is 6.03 Å². The third-order valence-electron chi connectivity index (χ3n) is 4.26.